The normalized spacial score (nSPS) is 18.2. The highest BCUT2D eigenvalue weighted by molar-refractivity contribution is 5.95. The molecule has 1 aliphatic heterocycles. The van der Waals surface area contributed by atoms with Crippen LogP contribution in [0.15, 0.2) is 36.5 Å². The van der Waals surface area contributed by atoms with Gasteiger partial charge < -0.3 is 10.4 Å². The lowest BCUT2D eigenvalue weighted by atomic mass is 10.1. The lowest BCUT2D eigenvalue weighted by Gasteiger charge is -2.25. The Labute approximate surface area is 154 Å². The number of aromatic nitrogens is 2. The molecule has 1 atom stereocenters. The Morgan fingerprint density at radius 1 is 1.35 bits per heavy atom. The minimum Gasteiger partial charge on any atom is -0.389 e. The highest BCUT2D eigenvalue weighted by Crippen LogP contribution is 2.17. The van der Waals surface area contributed by atoms with Gasteiger partial charge in [-0.05, 0) is 25.8 Å². The molecule has 0 unspecified atom stereocenters. The molecule has 1 saturated heterocycles. The number of amides is 1. The Morgan fingerprint density at radius 2 is 2.08 bits per heavy atom. The third-order valence-electron chi connectivity index (χ3n) is 4.74. The molecule has 6 heteroatoms. The zero-order chi connectivity index (χ0) is 18.7. The van der Waals surface area contributed by atoms with Crippen molar-refractivity contribution in [1.82, 2.24) is 20.0 Å². The van der Waals surface area contributed by atoms with Crippen molar-refractivity contribution in [3.63, 3.8) is 0 Å². The molecule has 0 aliphatic carbocycles. The Kier molecular flexibility index (Phi) is 5.44. The number of carbonyl (C=O) groups is 1. The summed E-state index contributed by atoms with van der Waals surface area (Å²) in [7, 11) is 1.87. The van der Waals surface area contributed by atoms with Crippen LogP contribution in [0.25, 0.3) is 0 Å². The Bertz CT molecular complexity index is 749. The fourth-order valence-electron chi connectivity index (χ4n) is 3.56. The van der Waals surface area contributed by atoms with Crippen molar-refractivity contribution >= 4 is 5.91 Å². The average molecular weight is 356 g/mol. The largest absolute Gasteiger partial charge is 0.389 e. The lowest BCUT2D eigenvalue weighted by Crippen LogP contribution is -2.41. The van der Waals surface area contributed by atoms with E-state index in [1.165, 1.54) is 0 Å². The summed E-state index contributed by atoms with van der Waals surface area (Å²) >= 11 is 0. The zero-order valence-corrected chi connectivity index (χ0v) is 15.8. The maximum Gasteiger partial charge on any atom is 0.255 e. The first-order valence-corrected chi connectivity index (χ1v) is 9.12. The smallest absolute Gasteiger partial charge is 0.255 e. The van der Waals surface area contributed by atoms with Crippen LogP contribution in [0.2, 0.25) is 0 Å². The van der Waals surface area contributed by atoms with Crippen LogP contribution in [-0.4, -0.2) is 57.0 Å². The van der Waals surface area contributed by atoms with Crippen molar-refractivity contribution in [3.05, 3.63) is 53.3 Å². The minimum atomic E-state index is -0.717. The van der Waals surface area contributed by atoms with E-state index < -0.39 is 5.60 Å². The van der Waals surface area contributed by atoms with Gasteiger partial charge in [0.25, 0.3) is 5.91 Å². The number of nitrogens with one attached hydrogen (secondary N) is 1. The summed E-state index contributed by atoms with van der Waals surface area (Å²) in [5.41, 5.74) is 1.99. The van der Waals surface area contributed by atoms with Gasteiger partial charge in [0.2, 0.25) is 0 Å². The summed E-state index contributed by atoms with van der Waals surface area (Å²) in [6, 6.07) is 10.2. The standard InChI is InChI=1S/C20H28N4O2/c1-20(2,26)14-24-10-9-16(13-24)22-19(25)17-12-21-23(3)18(17)11-15-7-5-4-6-8-15/h4-8,12,16,26H,9-11,13-14H2,1-3H3,(H,22,25)/t16-/m0/s1. The van der Waals surface area contributed by atoms with Crippen LogP contribution < -0.4 is 5.32 Å². The zero-order valence-electron chi connectivity index (χ0n) is 15.8. The Hall–Kier alpha value is -2.18. The van der Waals surface area contributed by atoms with Gasteiger partial charge in [0, 0.05) is 39.1 Å². The van der Waals surface area contributed by atoms with Gasteiger partial charge in [-0.25, -0.2) is 0 Å². The topological polar surface area (TPSA) is 70.4 Å². The summed E-state index contributed by atoms with van der Waals surface area (Å²) in [6.07, 6.45) is 3.23. The summed E-state index contributed by atoms with van der Waals surface area (Å²) in [6.45, 7) is 5.89. The predicted molar refractivity (Wildman–Crippen MR) is 101 cm³/mol. The van der Waals surface area contributed by atoms with E-state index in [0.29, 0.717) is 18.5 Å². The molecular formula is C20H28N4O2. The van der Waals surface area contributed by atoms with E-state index in [4.69, 9.17) is 0 Å². The molecule has 1 aliphatic rings. The first kappa shape index (κ1) is 18.6. The fourth-order valence-corrected chi connectivity index (χ4v) is 3.56. The number of β-amino-alcohol motifs (C(OH)–C–C–N with tert-alkyl or cyclic N) is 1. The summed E-state index contributed by atoms with van der Waals surface area (Å²) in [5, 5.41) is 17.4. The molecule has 0 saturated carbocycles. The molecule has 140 valence electrons. The van der Waals surface area contributed by atoms with Crippen molar-refractivity contribution in [2.45, 2.75) is 38.3 Å². The number of hydrogen-bond donors (Lipinski definition) is 2. The first-order valence-electron chi connectivity index (χ1n) is 9.12. The van der Waals surface area contributed by atoms with Crippen molar-refractivity contribution in [2.24, 2.45) is 7.05 Å². The van der Waals surface area contributed by atoms with E-state index in [1.54, 1.807) is 10.9 Å². The second-order valence-electron chi connectivity index (χ2n) is 7.80. The summed E-state index contributed by atoms with van der Waals surface area (Å²) in [5.74, 6) is -0.0702. The van der Waals surface area contributed by atoms with Crippen LogP contribution in [-0.2, 0) is 13.5 Å². The number of aryl methyl sites for hydroxylation is 1. The number of carbonyl (C=O) groups excluding carboxylic acids is 1. The van der Waals surface area contributed by atoms with Crippen LogP contribution >= 0.6 is 0 Å². The van der Waals surface area contributed by atoms with Crippen LogP contribution in [0.4, 0.5) is 0 Å². The van der Waals surface area contributed by atoms with Gasteiger partial charge in [-0.1, -0.05) is 30.3 Å². The number of benzene rings is 1. The Morgan fingerprint density at radius 3 is 2.77 bits per heavy atom. The molecule has 6 nitrogen and oxygen atoms in total. The molecule has 1 aromatic heterocycles. The highest BCUT2D eigenvalue weighted by atomic mass is 16.3. The van der Waals surface area contributed by atoms with E-state index >= 15 is 0 Å². The van der Waals surface area contributed by atoms with Gasteiger partial charge in [0.1, 0.15) is 0 Å². The van der Waals surface area contributed by atoms with Crippen molar-refractivity contribution in [3.8, 4) is 0 Å². The maximum absolute atomic E-state index is 12.8. The molecule has 2 N–H and O–H groups in total. The van der Waals surface area contributed by atoms with Crippen molar-refractivity contribution < 1.29 is 9.90 Å². The fraction of sp³-hybridized carbons (Fsp3) is 0.500. The molecule has 0 spiro atoms. The molecule has 3 rings (SSSR count). The number of likely N-dealkylation sites (tertiary alicyclic amines) is 1. The van der Waals surface area contributed by atoms with Gasteiger partial charge in [-0.2, -0.15) is 5.10 Å². The molecule has 26 heavy (non-hydrogen) atoms. The highest BCUT2D eigenvalue weighted by Gasteiger charge is 2.28. The van der Waals surface area contributed by atoms with Crippen LogP contribution in [0, 0.1) is 0 Å². The number of hydrogen-bond acceptors (Lipinski definition) is 4. The van der Waals surface area contributed by atoms with Gasteiger partial charge in [-0.3, -0.25) is 14.4 Å². The molecule has 1 aromatic carbocycles. The SMILES string of the molecule is Cn1ncc(C(=O)N[C@H]2CCN(CC(C)(C)O)C2)c1Cc1ccccc1. The van der Waals surface area contributed by atoms with E-state index in [-0.39, 0.29) is 11.9 Å². The second-order valence-corrected chi connectivity index (χ2v) is 7.80. The molecule has 2 heterocycles. The summed E-state index contributed by atoms with van der Waals surface area (Å²) < 4.78 is 1.77. The van der Waals surface area contributed by atoms with E-state index in [2.05, 4.69) is 27.4 Å². The third kappa shape index (κ3) is 4.71. The van der Waals surface area contributed by atoms with Gasteiger partial charge >= 0.3 is 0 Å². The van der Waals surface area contributed by atoms with Gasteiger partial charge in [0.05, 0.1) is 23.1 Å². The minimum absolute atomic E-state index is 0.0702. The molecule has 2 aromatic rings. The second kappa shape index (κ2) is 7.60. The van der Waals surface area contributed by atoms with Gasteiger partial charge in [-0.15, -0.1) is 0 Å². The van der Waals surface area contributed by atoms with Gasteiger partial charge in [0.15, 0.2) is 0 Å². The monoisotopic (exact) mass is 356 g/mol. The average Bonchev–Trinajstić information content (AvgIpc) is 3.14. The predicted octanol–water partition coefficient (Wildman–Crippen LogP) is 1.59. The summed E-state index contributed by atoms with van der Waals surface area (Å²) in [4.78, 5) is 15.0. The maximum atomic E-state index is 12.8. The van der Waals surface area contributed by atoms with Crippen LogP contribution in [0.3, 0.4) is 0 Å². The molecule has 1 fully saturated rings. The number of nitrogens with zero attached hydrogens (tertiary/aromatic N) is 3. The van der Waals surface area contributed by atoms with Crippen molar-refractivity contribution in [1.29, 1.82) is 0 Å². The number of rotatable bonds is 6. The third-order valence-corrected chi connectivity index (χ3v) is 4.74. The molecule has 1 amide bonds. The van der Waals surface area contributed by atoms with Crippen LogP contribution in [0.1, 0.15) is 41.9 Å². The van der Waals surface area contributed by atoms with E-state index in [0.717, 1.165) is 30.8 Å². The quantitative estimate of drug-likeness (QED) is 0.825. The molecule has 0 radical (unpaired) electrons. The lowest BCUT2D eigenvalue weighted by molar-refractivity contribution is 0.0433. The van der Waals surface area contributed by atoms with Crippen LogP contribution in [0.5, 0.6) is 0 Å². The van der Waals surface area contributed by atoms with E-state index in [1.807, 2.05) is 39.1 Å². The molecule has 0 bridgehead atoms. The first-order chi connectivity index (χ1) is 12.3. The Balaban J connectivity index is 1.64. The van der Waals surface area contributed by atoms with E-state index in [9.17, 15) is 9.90 Å². The number of aliphatic hydroxyl groups is 1. The van der Waals surface area contributed by atoms with Crippen molar-refractivity contribution in [2.75, 3.05) is 19.6 Å². The molecular weight excluding hydrogens is 328 g/mol.